The molecule has 0 aliphatic carbocycles. The van der Waals surface area contributed by atoms with E-state index in [1.54, 1.807) is 0 Å². The summed E-state index contributed by atoms with van der Waals surface area (Å²) in [4.78, 5) is 11.6. The summed E-state index contributed by atoms with van der Waals surface area (Å²) >= 11 is 0. The second-order valence-corrected chi connectivity index (χ2v) is 5.96. The third kappa shape index (κ3) is 2.91. The standard InChI is InChI=1S/C12H8F3NO5S/c13-12(14,15)22(20,21)16-11(19)7-2-1-6-4-9(17)10(18)5-8(6)3-7/h1-5,17-18H,(H,16,19). The molecule has 0 saturated heterocycles. The number of carbonyl (C=O) groups excluding carboxylic acids is 1. The maximum Gasteiger partial charge on any atom is 0.516 e. The first-order valence-electron chi connectivity index (χ1n) is 5.60. The van der Waals surface area contributed by atoms with E-state index < -0.39 is 32.9 Å². The van der Waals surface area contributed by atoms with Crippen LogP contribution in [0.5, 0.6) is 11.5 Å². The number of nitrogens with one attached hydrogen (secondary N) is 1. The van der Waals surface area contributed by atoms with Gasteiger partial charge in [-0.3, -0.25) is 4.79 Å². The molecule has 118 valence electrons. The first kappa shape index (κ1) is 15.9. The van der Waals surface area contributed by atoms with Gasteiger partial charge in [0, 0.05) is 5.56 Å². The summed E-state index contributed by atoms with van der Waals surface area (Å²) in [5, 5.41) is 19.3. The molecule has 0 heterocycles. The Bertz CT molecular complexity index is 861. The number of hydrogen-bond donors (Lipinski definition) is 3. The van der Waals surface area contributed by atoms with Gasteiger partial charge in [-0.25, -0.2) is 4.72 Å². The molecule has 22 heavy (non-hydrogen) atoms. The molecular weight excluding hydrogens is 327 g/mol. The van der Waals surface area contributed by atoms with Gasteiger partial charge in [-0.05, 0) is 35.0 Å². The normalized spacial score (nSPS) is 12.3. The van der Waals surface area contributed by atoms with Crippen molar-refractivity contribution in [1.29, 1.82) is 0 Å². The molecule has 0 unspecified atom stereocenters. The van der Waals surface area contributed by atoms with Crippen molar-refractivity contribution >= 4 is 26.7 Å². The summed E-state index contributed by atoms with van der Waals surface area (Å²) in [7, 11) is -5.80. The fourth-order valence-electron chi connectivity index (χ4n) is 1.65. The minimum Gasteiger partial charge on any atom is -0.504 e. The molecule has 2 aromatic rings. The second-order valence-electron chi connectivity index (χ2n) is 4.28. The van der Waals surface area contributed by atoms with Crippen molar-refractivity contribution in [3.63, 3.8) is 0 Å². The molecule has 0 radical (unpaired) electrons. The molecule has 3 N–H and O–H groups in total. The average molecular weight is 335 g/mol. The van der Waals surface area contributed by atoms with Crippen LogP contribution in [0.1, 0.15) is 10.4 Å². The van der Waals surface area contributed by atoms with Crippen molar-refractivity contribution < 1.29 is 36.6 Å². The average Bonchev–Trinajstić information content (AvgIpc) is 2.37. The van der Waals surface area contributed by atoms with E-state index in [1.807, 2.05) is 0 Å². The number of rotatable bonds is 2. The predicted octanol–water partition coefficient (Wildman–Crippen LogP) is 1.83. The van der Waals surface area contributed by atoms with Gasteiger partial charge < -0.3 is 10.2 Å². The van der Waals surface area contributed by atoms with E-state index in [1.165, 1.54) is 12.1 Å². The number of phenolic OH excluding ortho intramolecular Hbond substituents is 2. The highest BCUT2D eigenvalue weighted by Gasteiger charge is 2.47. The number of fused-ring (bicyclic) bond motifs is 1. The highest BCUT2D eigenvalue weighted by Crippen LogP contribution is 2.30. The summed E-state index contributed by atoms with van der Waals surface area (Å²) in [6.07, 6.45) is 0. The van der Waals surface area contributed by atoms with Crippen molar-refractivity contribution in [2.75, 3.05) is 0 Å². The first-order chi connectivity index (χ1) is 10.0. The Morgan fingerprint density at radius 2 is 1.55 bits per heavy atom. The molecule has 0 spiro atoms. The SMILES string of the molecule is O=C(NS(=O)(=O)C(F)(F)F)c1ccc2cc(O)c(O)cc2c1. The van der Waals surface area contributed by atoms with Gasteiger partial charge in [-0.1, -0.05) is 6.07 Å². The van der Waals surface area contributed by atoms with Gasteiger partial charge in [0.25, 0.3) is 5.91 Å². The van der Waals surface area contributed by atoms with Gasteiger partial charge in [0.15, 0.2) is 11.5 Å². The highest BCUT2D eigenvalue weighted by atomic mass is 32.2. The monoisotopic (exact) mass is 335 g/mol. The van der Waals surface area contributed by atoms with Crippen LogP contribution in [0, 0.1) is 0 Å². The number of sulfonamides is 1. The van der Waals surface area contributed by atoms with Gasteiger partial charge in [0.05, 0.1) is 0 Å². The Balaban J connectivity index is 2.39. The van der Waals surface area contributed by atoms with Crippen molar-refractivity contribution in [2.24, 2.45) is 0 Å². The summed E-state index contributed by atoms with van der Waals surface area (Å²) in [6, 6.07) is 5.71. The summed E-state index contributed by atoms with van der Waals surface area (Å²) in [5.74, 6) is -2.37. The van der Waals surface area contributed by atoms with Crippen LogP contribution in [0.2, 0.25) is 0 Å². The van der Waals surface area contributed by atoms with Crippen LogP contribution in [-0.4, -0.2) is 30.0 Å². The Morgan fingerprint density at radius 3 is 2.09 bits per heavy atom. The molecule has 1 amide bonds. The zero-order valence-electron chi connectivity index (χ0n) is 10.5. The van der Waals surface area contributed by atoms with E-state index in [0.29, 0.717) is 5.39 Å². The van der Waals surface area contributed by atoms with E-state index in [2.05, 4.69) is 0 Å². The zero-order valence-corrected chi connectivity index (χ0v) is 11.4. The predicted molar refractivity (Wildman–Crippen MR) is 69.7 cm³/mol. The highest BCUT2D eigenvalue weighted by molar-refractivity contribution is 7.90. The molecule has 10 heteroatoms. The maximum absolute atomic E-state index is 12.2. The number of halogens is 3. The largest absolute Gasteiger partial charge is 0.516 e. The van der Waals surface area contributed by atoms with Crippen molar-refractivity contribution in [2.45, 2.75) is 5.51 Å². The Hall–Kier alpha value is -2.49. The zero-order chi connectivity index (χ0) is 16.7. The number of aromatic hydroxyl groups is 2. The van der Waals surface area contributed by atoms with Gasteiger partial charge in [-0.15, -0.1) is 0 Å². The lowest BCUT2D eigenvalue weighted by Crippen LogP contribution is -2.40. The minimum atomic E-state index is -5.80. The number of benzene rings is 2. The lowest BCUT2D eigenvalue weighted by molar-refractivity contribution is -0.0446. The quantitative estimate of drug-likeness (QED) is 0.727. The van der Waals surface area contributed by atoms with Crippen molar-refractivity contribution in [1.82, 2.24) is 4.72 Å². The Morgan fingerprint density at radius 1 is 1.00 bits per heavy atom. The topological polar surface area (TPSA) is 104 Å². The van der Waals surface area contributed by atoms with Crippen LogP contribution >= 0.6 is 0 Å². The lowest BCUT2D eigenvalue weighted by atomic mass is 10.1. The number of alkyl halides is 3. The van der Waals surface area contributed by atoms with Crippen LogP contribution < -0.4 is 4.72 Å². The van der Waals surface area contributed by atoms with E-state index in [9.17, 15) is 36.6 Å². The van der Waals surface area contributed by atoms with Crippen LogP contribution in [-0.2, 0) is 10.0 Å². The van der Waals surface area contributed by atoms with Gasteiger partial charge in [0.2, 0.25) is 0 Å². The van der Waals surface area contributed by atoms with E-state index in [0.717, 1.165) is 22.9 Å². The summed E-state index contributed by atoms with van der Waals surface area (Å²) in [5.41, 5.74) is -5.96. The fourth-order valence-corrected chi connectivity index (χ4v) is 2.13. The van der Waals surface area contributed by atoms with E-state index in [4.69, 9.17) is 0 Å². The fraction of sp³-hybridized carbons (Fsp3) is 0.0833. The van der Waals surface area contributed by atoms with E-state index in [-0.39, 0.29) is 10.9 Å². The van der Waals surface area contributed by atoms with Crippen LogP contribution in [0.15, 0.2) is 30.3 Å². The number of hydrogen-bond acceptors (Lipinski definition) is 5. The molecule has 0 saturated carbocycles. The van der Waals surface area contributed by atoms with Crippen LogP contribution in [0.3, 0.4) is 0 Å². The summed E-state index contributed by atoms with van der Waals surface area (Å²) < 4.78 is 59.2. The third-order valence-electron chi connectivity index (χ3n) is 2.73. The molecule has 0 aromatic heterocycles. The minimum absolute atomic E-state index is 0.229. The van der Waals surface area contributed by atoms with Crippen LogP contribution in [0.4, 0.5) is 13.2 Å². The molecule has 2 rings (SSSR count). The first-order valence-corrected chi connectivity index (χ1v) is 7.09. The maximum atomic E-state index is 12.2. The molecule has 0 bridgehead atoms. The lowest BCUT2D eigenvalue weighted by Gasteiger charge is -2.10. The molecule has 0 atom stereocenters. The van der Waals surface area contributed by atoms with Crippen LogP contribution in [0.25, 0.3) is 10.8 Å². The molecule has 0 aliphatic rings. The van der Waals surface area contributed by atoms with Crippen molar-refractivity contribution in [3.05, 3.63) is 35.9 Å². The van der Waals surface area contributed by atoms with Crippen molar-refractivity contribution in [3.8, 4) is 11.5 Å². The van der Waals surface area contributed by atoms with Gasteiger partial charge >= 0.3 is 15.5 Å². The number of phenols is 2. The number of carbonyl (C=O) groups is 1. The van der Waals surface area contributed by atoms with E-state index >= 15 is 0 Å². The Labute approximate surface area is 121 Å². The van der Waals surface area contributed by atoms with Gasteiger partial charge in [0.1, 0.15) is 0 Å². The smallest absolute Gasteiger partial charge is 0.504 e. The third-order valence-corrected chi connectivity index (χ3v) is 3.79. The Kier molecular flexibility index (Phi) is 3.65. The molecule has 0 fully saturated rings. The molecule has 0 aliphatic heterocycles. The molecule has 6 nitrogen and oxygen atoms in total. The van der Waals surface area contributed by atoms with Gasteiger partial charge in [-0.2, -0.15) is 21.6 Å². The molecule has 2 aromatic carbocycles. The molecular formula is C12H8F3NO5S. The summed E-state index contributed by atoms with van der Waals surface area (Å²) in [6.45, 7) is 0. The number of amides is 1. The second kappa shape index (κ2) is 5.05.